The number of aryl methyl sites for hydroxylation is 1. The summed E-state index contributed by atoms with van der Waals surface area (Å²) in [6, 6.07) is 1.36. The van der Waals surface area contributed by atoms with Crippen molar-refractivity contribution in [3.63, 3.8) is 0 Å². The van der Waals surface area contributed by atoms with Crippen LogP contribution in [0.5, 0.6) is 11.5 Å². The predicted molar refractivity (Wildman–Crippen MR) is 175 cm³/mol. The summed E-state index contributed by atoms with van der Waals surface area (Å²) >= 11 is 0. The number of Topliss-reactive ketones (excluding diaryl/α,β-unsaturated/α-hetero) is 3. The molecule has 3 fully saturated rings. The lowest BCUT2D eigenvalue weighted by molar-refractivity contribution is -0.229. The lowest BCUT2D eigenvalue weighted by Crippen LogP contribution is -2.71. The molecule has 0 aromatic heterocycles. The van der Waals surface area contributed by atoms with Gasteiger partial charge in [0.2, 0.25) is 0 Å². The third-order valence-corrected chi connectivity index (χ3v) is 13.7. The Morgan fingerprint density at radius 1 is 0.938 bits per heavy atom. The number of phenols is 2. The molecule has 262 valence electrons. The van der Waals surface area contributed by atoms with Crippen molar-refractivity contribution < 1.29 is 48.8 Å². The largest absolute Gasteiger partial charge is 0.507 e. The average Bonchev–Trinajstić information content (AvgIpc) is 3.15. The van der Waals surface area contributed by atoms with Gasteiger partial charge in [-0.2, -0.15) is 0 Å². The number of aliphatic hydroxyl groups excluding tert-OH is 1. The monoisotopic (exact) mass is 666 g/mol. The molecule has 48 heavy (non-hydrogen) atoms. The van der Waals surface area contributed by atoms with Gasteiger partial charge in [-0.3, -0.25) is 24.0 Å². The summed E-state index contributed by atoms with van der Waals surface area (Å²) in [5.74, 6) is -4.42. The van der Waals surface area contributed by atoms with Crippen molar-refractivity contribution in [1.29, 1.82) is 0 Å². The Labute approximate surface area is 282 Å². The summed E-state index contributed by atoms with van der Waals surface area (Å²) in [6.07, 6.45) is 2.91. The Hall–Kier alpha value is -3.53. The Morgan fingerprint density at radius 2 is 1.56 bits per heavy atom. The summed E-state index contributed by atoms with van der Waals surface area (Å²) in [5.41, 5.74) is -7.53. The first kappa shape index (κ1) is 35.8. The van der Waals surface area contributed by atoms with Gasteiger partial charge in [-0.25, -0.2) is 0 Å². The SMILES string of the molecule is COC(=O)[C@@]12C(=O)[C@](C)(Cc3c(O)c(C)cc(C(C)=O)c3O)C(=O)[C@]1(C)C(C)=C[C@H]1[C@]3(CO)CC[C@H](OC(C)=O)C(C)(C)[C@H]3CC[C@@]12C. The molecule has 0 amide bonds. The van der Waals surface area contributed by atoms with Crippen molar-refractivity contribution in [1.82, 2.24) is 0 Å². The average molecular weight is 667 g/mol. The van der Waals surface area contributed by atoms with Gasteiger partial charge in [-0.15, -0.1) is 0 Å². The molecular weight excluding hydrogens is 616 g/mol. The van der Waals surface area contributed by atoms with Crippen molar-refractivity contribution in [2.45, 2.75) is 101 Å². The number of benzene rings is 1. The van der Waals surface area contributed by atoms with Gasteiger partial charge in [-0.1, -0.05) is 32.4 Å². The normalized spacial score (nSPS) is 38.3. The second-order valence-electron chi connectivity index (χ2n) is 16.2. The first-order valence-electron chi connectivity index (χ1n) is 16.8. The molecule has 0 aliphatic heterocycles. The van der Waals surface area contributed by atoms with Crippen LogP contribution in [0.4, 0.5) is 0 Å². The number of rotatable bonds is 6. The minimum absolute atomic E-state index is 0.0496. The highest BCUT2D eigenvalue weighted by atomic mass is 16.5. The van der Waals surface area contributed by atoms with Gasteiger partial charge in [0.1, 0.15) is 23.0 Å². The molecule has 5 rings (SSSR count). The minimum atomic E-state index is -2.02. The number of carbonyl (C=O) groups is 5. The highest BCUT2D eigenvalue weighted by Gasteiger charge is 2.85. The maximum atomic E-state index is 15.5. The molecule has 0 saturated heterocycles. The molecule has 0 spiro atoms. The van der Waals surface area contributed by atoms with Crippen LogP contribution in [-0.4, -0.2) is 64.4 Å². The molecule has 3 N–H and O–H groups in total. The first-order chi connectivity index (χ1) is 22.1. The highest BCUT2D eigenvalue weighted by molar-refractivity contribution is 6.28. The molecule has 3 saturated carbocycles. The van der Waals surface area contributed by atoms with E-state index in [4.69, 9.17) is 9.47 Å². The van der Waals surface area contributed by atoms with E-state index in [9.17, 15) is 29.7 Å². The molecule has 10 heteroatoms. The smallest absolute Gasteiger partial charge is 0.321 e. The Kier molecular flexibility index (Phi) is 8.19. The Morgan fingerprint density at radius 3 is 2.10 bits per heavy atom. The molecule has 0 heterocycles. The van der Waals surface area contributed by atoms with Crippen molar-refractivity contribution in [3.05, 3.63) is 34.4 Å². The second kappa shape index (κ2) is 11.0. The number of hydrogen-bond donors (Lipinski definition) is 3. The maximum Gasteiger partial charge on any atom is 0.321 e. The third-order valence-electron chi connectivity index (χ3n) is 13.7. The number of aliphatic hydroxyl groups is 1. The van der Waals surface area contributed by atoms with E-state index in [1.54, 1.807) is 20.8 Å². The van der Waals surface area contributed by atoms with Gasteiger partial charge in [0.05, 0.1) is 23.5 Å². The number of phenolic OH excluding ortho intramolecular Hbond substituents is 2. The Bertz CT molecular complexity index is 1670. The molecular formula is C38H50O10. The number of methoxy groups -OCH3 is 1. The predicted octanol–water partition coefficient (Wildman–Crippen LogP) is 5.20. The number of allylic oxidation sites excluding steroid dienone is 2. The van der Waals surface area contributed by atoms with Crippen LogP contribution in [0, 0.1) is 51.2 Å². The fourth-order valence-electron chi connectivity index (χ4n) is 11.3. The van der Waals surface area contributed by atoms with Crippen LogP contribution in [0.1, 0.15) is 103 Å². The van der Waals surface area contributed by atoms with Crippen LogP contribution in [0.3, 0.4) is 0 Å². The van der Waals surface area contributed by atoms with Gasteiger partial charge in [0.25, 0.3) is 0 Å². The van der Waals surface area contributed by atoms with Crippen molar-refractivity contribution >= 4 is 29.3 Å². The number of aromatic hydroxyl groups is 2. The molecule has 10 nitrogen and oxygen atoms in total. The van der Waals surface area contributed by atoms with E-state index in [-0.39, 0.29) is 41.5 Å². The molecule has 0 bridgehead atoms. The van der Waals surface area contributed by atoms with Crippen LogP contribution in [0.15, 0.2) is 17.7 Å². The topological polar surface area (TPSA) is 164 Å². The van der Waals surface area contributed by atoms with Crippen LogP contribution < -0.4 is 0 Å². The number of ether oxygens (including phenoxy) is 2. The van der Waals surface area contributed by atoms with E-state index < -0.39 is 73.9 Å². The van der Waals surface area contributed by atoms with Gasteiger partial charge in [-0.05, 0) is 95.6 Å². The molecule has 8 atom stereocenters. The first-order valence-corrected chi connectivity index (χ1v) is 16.8. The van der Waals surface area contributed by atoms with E-state index in [1.807, 2.05) is 26.8 Å². The van der Waals surface area contributed by atoms with Gasteiger partial charge >= 0.3 is 11.9 Å². The minimum Gasteiger partial charge on any atom is -0.507 e. The van der Waals surface area contributed by atoms with E-state index in [0.717, 1.165) is 0 Å². The van der Waals surface area contributed by atoms with E-state index in [2.05, 4.69) is 0 Å². The fourth-order valence-corrected chi connectivity index (χ4v) is 11.3. The molecule has 4 aliphatic carbocycles. The molecule has 1 aromatic rings. The summed E-state index contributed by atoms with van der Waals surface area (Å²) in [7, 11) is 1.20. The zero-order valence-electron chi connectivity index (χ0n) is 29.8. The van der Waals surface area contributed by atoms with Gasteiger partial charge < -0.3 is 24.8 Å². The fraction of sp³-hybridized carbons (Fsp3) is 0.658. The zero-order valence-corrected chi connectivity index (χ0v) is 29.8. The van der Waals surface area contributed by atoms with Crippen LogP contribution >= 0.6 is 0 Å². The number of carbonyl (C=O) groups excluding carboxylic acids is 5. The van der Waals surface area contributed by atoms with Crippen LogP contribution in [0.25, 0.3) is 0 Å². The number of fused-ring (bicyclic) bond motifs is 5. The summed E-state index contributed by atoms with van der Waals surface area (Å²) in [6.45, 7) is 14.7. The van der Waals surface area contributed by atoms with Gasteiger partial charge in [0.15, 0.2) is 17.3 Å². The van der Waals surface area contributed by atoms with E-state index in [1.165, 1.54) is 33.9 Å². The quantitative estimate of drug-likeness (QED) is 0.159. The number of ketones is 3. The van der Waals surface area contributed by atoms with Crippen molar-refractivity contribution in [2.24, 2.45) is 44.3 Å². The standard InChI is InChI=1S/C38H50O10/c1-19-15-23(21(3)40)29(43)24(28(19)42)17-34(7)30(44)36(9)20(2)16-26-35(8,38(36,31(34)45)32(46)47-10)13-11-25-33(5,6)27(48-22(4)41)12-14-37(25,26)18-39/h15-16,25-27,39,42-43H,11-14,17-18H2,1-10H3/t25-,26-,27+,34-,35+,36+,37+,38-/m1/s1. The molecule has 0 unspecified atom stereocenters. The maximum absolute atomic E-state index is 15.5. The van der Waals surface area contributed by atoms with Crippen molar-refractivity contribution in [2.75, 3.05) is 13.7 Å². The number of hydrogen-bond acceptors (Lipinski definition) is 10. The van der Waals surface area contributed by atoms with E-state index >= 15 is 9.59 Å². The molecule has 1 aromatic carbocycles. The number of esters is 2. The van der Waals surface area contributed by atoms with Crippen molar-refractivity contribution in [3.8, 4) is 11.5 Å². The summed E-state index contributed by atoms with van der Waals surface area (Å²) in [4.78, 5) is 69.6. The lowest BCUT2D eigenvalue weighted by atomic mass is 9.33. The summed E-state index contributed by atoms with van der Waals surface area (Å²) in [5, 5.41) is 33.7. The zero-order chi connectivity index (χ0) is 36.2. The molecule has 4 aliphatic rings. The third kappa shape index (κ3) is 4.04. The Balaban J connectivity index is 1.76. The summed E-state index contributed by atoms with van der Waals surface area (Å²) < 4.78 is 11.3. The lowest BCUT2D eigenvalue weighted by Gasteiger charge is -2.69. The van der Waals surface area contributed by atoms with E-state index in [0.29, 0.717) is 36.8 Å². The van der Waals surface area contributed by atoms with Crippen LogP contribution in [-0.2, 0) is 35.1 Å². The van der Waals surface area contributed by atoms with Gasteiger partial charge in [0, 0.05) is 29.9 Å². The second-order valence-corrected chi connectivity index (χ2v) is 16.2. The molecule has 0 radical (unpaired) electrons. The highest BCUT2D eigenvalue weighted by Crippen LogP contribution is 2.78. The van der Waals surface area contributed by atoms with Crippen LogP contribution in [0.2, 0.25) is 0 Å².